The molecule has 9 heavy (non-hydrogen) atoms. The van der Waals surface area contributed by atoms with Gasteiger partial charge in [-0.05, 0) is 12.8 Å². The molecular weight excluding hydrogens is 142 g/mol. The van der Waals surface area contributed by atoms with Crippen molar-refractivity contribution in [2.24, 2.45) is 5.73 Å². The molecule has 0 radical (unpaired) electrons. The molecule has 0 bridgehead atoms. The Hall–Kier alpha value is -0.280. The Balaban J connectivity index is 2.64. The number of hydrogen-bond acceptors (Lipinski definition) is 2. The highest BCUT2D eigenvalue weighted by Crippen LogP contribution is 2.34. The van der Waals surface area contributed by atoms with Gasteiger partial charge in [0, 0.05) is 0 Å². The fourth-order valence-corrected chi connectivity index (χ4v) is 1.12. The first-order valence-corrected chi connectivity index (χ1v) is 3.17. The average molecular weight is 150 g/mol. The van der Waals surface area contributed by atoms with Gasteiger partial charge >= 0.3 is 5.97 Å². The van der Waals surface area contributed by atoms with E-state index >= 15 is 0 Å². The fraction of sp³-hybridized carbons (Fsp3) is 0.800. The first-order chi connectivity index (χ1) is 4.07. The molecule has 52 valence electrons. The molecule has 0 saturated heterocycles. The topological polar surface area (TPSA) is 63.3 Å². The highest BCUT2D eigenvalue weighted by molar-refractivity contribution is 6.24. The van der Waals surface area contributed by atoms with E-state index in [9.17, 15) is 4.79 Å². The summed E-state index contributed by atoms with van der Waals surface area (Å²) >= 11 is 5.55. The Kier molecular flexibility index (Phi) is 1.41. The zero-order valence-electron chi connectivity index (χ0n) is 4.80. The Morgan fingerprint density at radius 2 is 2.44 bits per heavy atom. The van der Waals surface area contributed by atoms with Crippen molar-refractivity contribution < 1.29 is 9.90 Å². The van der Waals surface area contributed by atoms with Crippen LogP contribution < -0.4 is 5.73 Å². The van der Waals surface area contributed by atoms with E-state index in [1.54, 1.807) is 0 Å². The van der Waals surface area contributed by atoms with Gasteiger partial charge in [0.2, 0.25) is 0 Å². The third-order valence-corrected chi connectivity index (χ3v) is 2.38. The second kappa shape index (κ2) is 1.85. The average Bonchev–Trinajstić information content (AvgIpc) is 1.82. The van der Waals surface area contributed by atoms with Crippen LogP contribution in [0.3, 0.4) is 0 Å². The van der Waals surface area contributed by atoms with Crippen LogP contribution in [0, 0.1) is 0 Å². The van der Waals surface area contributed by atoms with Crippen molar-refractivity contribution in [1.29, 1.82) is 0 Å². The summed E-state index contributed by atoms with van der Waals surface area (Å²) in [4.78, 5) is 10.3. The van der Waals surface area contributed by atoms with E-state index in [4.69, 9.17) is 22.4 Å². The van der Waals surface area contributed by atoms with Crippen LogP contribution in [-0.2, 0) is 4.79 Å². The minimum atomic E-state index is -1.14. The van der Waals surface area contributed by atoms with Crippen LogP contribution in [0.5, 0.6) is 0 Å². The van der Waals surface area contributed by atoms with Crippen LogP contribution in [0.1, 0.15) is 12.8 Å². The Bertz CT molecular complexity index is 150. The standard InChI is InChI=1S/C5H8ClNO2/c6-3-1-2-5(3,7)4(8)9/h3H,1-2,7H2,(H,8,9). The normalized spacial score (nSPS) is 41.8. The van der Waals surface area contributed by atoms with E-state index < -0.39 is 11.5 Å². The molecule has 3 N–H and O–H groups in total. The Morgan fingerprint density at radius 1 is 1.89 bits per heavy atom. The van der Waals surface area contributed by atoms with Gasteiger partial charge in [-0.1, -0.05) is 0 Å². The first kappa shape index (κ1) is 6.83. The molecule has 0 aromatic rings. The highest BCUT2D eigenvalue weighted by Gasteiger charge is 2.48. The van der Waals surface area contributed by atoms with Gasteiger partial charge in [0.25, 0.3) is 0 Å². The van der Waals surface area contributed by atoms with E-state index in [-0.39, 0.29) is 5.38 Å². The molecule has 2 atom stereocenters. The predicted molar refractivity (Wildman–Crippen MR) is 33.4 cm³/mol. The number of aliphatic carboxylic acids is 1. The lowest BCUT2D eigenvalue weighted by atomic mass is 9.77. The number of alkyl halides is 1. The second-order valence-corrected chi connectivity index (χ2v) is 2.88. The van der Waals surface area contributed by atoms with Crippen LogP contribution >= 0.6 is 11.6 Å². The van der Waals surface area contributed by atoms with Gasteiger partial charge in [0.15, 0.2) is 0 Å². The summed E-state index contributed by atoms with van der Waals surface area (Å²) in [5.41, 5.74) is 4.22. The van der Waals surface area contributed by atoms with E-state index in [2.05, 4.69) is 0 Å². The van der Waals surface area contributed by atoms with Crippen molar-refractivity contribution in [3.63, 3.8) is 0 Å². The van der Waals surface area contributed by atoms with Gasteiger partial charge in [-0.15, -0.1) is 11.6 Å². The summed E-state index contributed by atoms with van der Waals surface area (Å²) in [6.07, 6.45) is 1.21. The summed E-state index contributed by atoms with van der Waals surface area (Å²) in [5, 5.41) is 8.07. The minimum Gasteiger partial charge on any atom is -0.480 e. The van der Waals surface area contributed by atoms with Crippen molar-refractivity contribution in [1.82, 2.24) is 0 Å². The lowest BCUT2D eigenvalue weighted by Gasteiger charge is -2.38. The molecule has 0 amide bonds. The van der Waals surface area contributed by atoms with E-state index in [1.807, 2.05) is 0 Å². The number of hydrogen-bond donors (Lipinski definition) is 2. The van der Waals surface area contributed by atoms with E-state index in [0.29, 0.717) is 12.8 Å². The smallest absolute Gasteiger partial charge is 0.325 e. The van der Waals surface area contributed by atoms with Crippen LogP contribution in [0.25, 0.3) is 0 Å². The minimum absolute atomic E-state index is 0.380. The molecule has 0 aromatic heterocycles. The monoisotopic (exact) mass is 149 g/mol. The maximum Gasteiger partial charge on any atom is 0.325 e. The highest BCUT2D eigenvalue weighted by atomic mass is 35.5. The first-order valence-electron chi connectivity index (χ1n) is 2.74. The lowest BCUT2D eigenvalue weighted by Crippen LogP contribution is -2.62. The molecule has 4 heteroatoms. The maximum absolute atomic E-state index is 10.3. The summed E-state index contributed by atoms with van der Waals surface area (Å²) in [6.45, 7) is 0. The molecule has 1 rings (SSSR count). The quantitative estimate of drug-likeness (QED) is 0.523. The summed E-state index contributed by atoms with van der Waals surface area (Å²) in [6, 6.07) is 0. The third kappa shape index (κ3) is 0.804. The molecule has 1 aliphatic rings. The maximum atomic E-state index is 10.3. The van der Waals surface area contributed by atoms with Crippen LogP contribution in [0.15, 0.2) is 0 Å². The lowest BCUT2D eigenvalue weighted by molar-refractivity contribution is -0.146. The number of carboxylic acids is 1. The van der Waals surface area contributed by atoms with Crippen LogP contribution in [0.4, 0.5) is 0 Å². The largest absolute Gasteiger partial charge is 0.480 e. The van der Waals surface area contributed by atoms with Crippen molar-refractivity contribution in [3.8, 4) is 0 Å². The second-order valence-electron chi connectivity index (χ2n) is 2.35. The summed E-state index contributed by atoms with van der Waals surface area (Å²) < 4.78 is 0. The Labute approximate surface area is 57.8 Å². The number of nitrogens with two attached hydrogens (primary N) is 1. The molecule has 2 unspecified atom stereocenters. The van der Waals surface area contributed by atoms with E-state index in [0.717, 1.165) is 0 Å². The van der Waals surface area contributed by atoms with Gasteiger partial charge in [-0.25, -0.2) is 0 Å². The van der Waals surface area contributed by atoms with Gasteiger partial charge in [-0.2, -0.15) is 0 Å². The van der Waals surface area contributed by atoms with Gasteiger partial charge < -0.3 is 10.8 Å². The molecule has 0 aliphatic heterocycles. The third-order valence-electron chi connectivity index (χ3n) is 1.77. The molecular formula is C5H8ClNO2. The molecule has 1 fully saturated rings. The fourth-order valence-electron chi connectivity index (χ4n) is 0.805. The molecule has 1 aliphatic carbocycles. The van der Waals surface area contributed by atoms with Crippen LogP contribution in [0.2, 0.25) is 0 Å². The predicted octanol–water partition coefficient (Wildman–Crippen LogP) is 0.170. The van der Waals surface area contributed by atoms with Crippen molar-refractivity contribution >= 4 is 17.6 Å². The summed E-state index contributed by atoms with van der Waals surface area (Å²) in [7, 11) is 0. The van der Waals surface area contributed by atoms with Crippen molar-refractivity contribution in [2.75, 3.05) is 0 Å². The molecule has 0 aromatic carbocycles. The number of halogens is 1. The van der Waals surface area contributed by atoms with Gasteiger partial charge in [0.05, 0.1) is 5.38 Å². The number of carbonyl (C=O) groups is 1. The van der Waals surface area contributed by atoms with Crippen LogP contribution in [-0.4, -0.2) is 22.0 Å². The van der Waals surface area contributed by atoms with E-state index in [1.165, 1.54) is 0 Å². The molecule has 1 saturated carbocycles. The zero-order valence-corrected chi connectivity index (χ0v) is 5.56. The van der Waals surface area contributed by atoms with Gasteiger partial charge in [0.1, 0.15) is 5.54 Å². The SMILES string of the molecule is NC1(C(=O)O)CCC1Cl. The number of carboxylic acid groups (broad SMARTS) is 1. The molecule has 3 nitrogen and oxygen atoms in total. The zero-order chi connectivity index (χ0) is 7.07. The molecule has 0 spiro atoms. The molecule has 0 heterocycles. The van der Waals surface area contributed by atoms with Crippen molar-refractivity contribution in [3.05, 3.63) is 0 Å². The van der Waals surface area contributed by atoms with Crippen molar-refractivity contribution in [2.45, 2.75) is 23.8 Å². The Morgan fingerprint density at radius 3 is 2.44 bits per heavy atom. The summed E-state index contributed by atoms with van der Waals surface area (Å²) in [5.74, 6) is -0.992. The number of rotatable bonds is 1. The van der Waals surface area contributed by atoms with Gasteiger partial charge in [-0.3, -0.25) is 4.79 Å².